The summed E-state index contributed by atoms with van der Waals surface area (Å²) in [5.74, 6) is 1.36. The lowest BCUT2D eigenvalue weighted by atomic mass is 10.2. The average molecular weight is 319 g/mol. The lowest BCUT2D eigenvalue weighted by Gasteiger charge is -2.14. The highest BCUT2D eigenvalue weighted by Gasteiger charge is 2.05. The number of anilines is 5. The molecule has 0 fully saturated rings. The number of aromatic nitrogens is 2. The molecule has 5 nitrogen and oxygen atoms in total. The van der Waals surface area contributed by atoms with Crippen molar-refractivity contribution in [1.82, 2.24) is 9.97 Å². The molecule has 0 bridgehead atoms. The van der Waals surface area contributed by atoms with Crippen LogP contribution in [-0.2, 0) is 0 Å². The Labute approximate surface area is 142 Å². The number of nitrogens with one attached hydrogen (secondary N) is 2. The van der Waals surface area contributed by atoms with Gasteiger partial charge in [0, 0.05) is 42.9 Å². The topological polar surface area (TPSA) is 53.1 Å². The molecule has 0 saturated heterocycles. The maximum atomic E-state index is 4.59. The van der Waals surface area contributed by atoms with E-state index in [4.69, 9.17) is 0 Å². The van der Waals surface area contributed by atoms with Gasteiger partial charge in [0.2, 0.25) is 5.95 Å². The lowest BCUT2D eigenvalue weighted by Crippen LogP contribution is -2.09. The van der Waals surface area contributed by atoms with Crippen LogP contribution in [0.15, 0.2) is 60.8 Å². The van der Waals surface area contributed by atoms with Crippen LogP contribution >= 0.6 is 0 Å². The van der Waals surface area contributed by atoms with Crippen LogP contribution in [0.3, 0.4) is 0 Å². The molecular formula is C19H21N5. The molecule has 0 aliphatic heterocycles. The van der Waals surface area contributed by atoms with Gasteiger partial charge in [-0.2, -0.15) is 4.98 Å². The number of nitrogens with zero attached hydrogens (tertiary/aromatic N) is 3. The number of hydrogen-bond donors (Lipinski definition) is 2. The summed E-state index contributed by atoms with van der Waals surface area (Å²) in [4.78, 5) is 11.0. The lowest BCUT2D eigenvalue weighted by molar-refractivity contribution is 1.12. The summed E-state index contributed by atoms with van der Waals surface area (Å²) in [6.45, 7) is 1.99. The zero-order chi connectivity index (χ0) is 16.9. The molecular weight excluding hydrogens is 298 g/mol. The molecule has 122 valence electrons. The average Bonchev–Trinajstić information content (AvgIpc) is 2.59. The summed E-state index contributed by atoms with van der Waals surface area (Å²) in [5, 5.41) is 6.59. The molecule has 0 atom stereocenters. The summed E-state index contributed by atoms with van der Waals surface area (Å²) in [6, 6.07) is 18.1. The molecule has 2 N–H and O–H groups in total. The molecule has 1 aromatic heterocycles. The highest BCUT2D eigenvalue weighted by atomic mass is 15.1. The fraction of sp³-hybridized carbons (Fsp3) is 0.158. The van der Waals surface area contributed by atoms with Gasteiger partial charge in [-0.25, -0.2) is 4.98 Å². The highest BCUT2D eigenvalue weighted by Crippen LogP contribution is 2.22. The minimum Gasteiger partial charge on any atom is -0.378 e. The van der Waals surface area contributed by atoms with E-state index in [2.05, 4.69) is 37.6 Å². The molecule has 24 heavy (non-hydrogen) atoms. The first-order chi connectivity index (χ1) is 11.6. The van der Waals surface area contributed by atoms with Crippen LogP contribution in [0, 0.1) is 6.92 Å². The van der Waals surface area contributed by atoms with Crippen molar-refractivity contribution >= 4 is 28.8 Å². The van der Waals surface area contributed by atoms with Crippen LogP contribution < -0.4 is 15.5 Å². The van der Waals surface area contributed by atoms with Gasteiger partial charge in [0.1, 0.15) is 5.82 Å². The maximum absolute atomic E-state index is 4.59. The van der Waals surface area contributed by atoms with Gasteiger partial charge >= 0.3 is 0 Å². The fourth-order valence-electron chi connectivity index (χ4n) is 2.28. The molecule has 0 unspecified atom stereocenters. The van der Waals surface area contributed by atoms with E-state index >= 15 is 0 Å². The van der Waals surface area contributed by atoms with E-state index < -0.39 is 0 Å². The SMILES string of the molecule is Cc1cnc(Nc2cccc(N(C)C)c2)nc1Nc1ccccc1. The molecule has 3 aromatic rings. The monoisotopic (exact) mass is 319 g/mol. The van der Waals surface area contributed by atoms with Crippen LogP contribution in [0.1, 0.15) is 5.56 Å². The van der Waals surface area contributed by atoms with E-state index in [1.165, 1.54) is 0 Å². The Balaban J connectivity index is 1.82. The van der Waals surface area contributed by atoms with Gasteiger partial charge in [-0.3, -0.25) is 0 Å². The number of benzene rings is 2. The van der Waals surface area contributed by atoms with E-state index in [0.29, 0.717) is 5.95 Å². The molecule has 0 spiro atoms. The van der Waals surface area contributed by atoms with E-state index in [-0.39, 0.29) is 0 Å². The van der Waals surface area contributed by atoms with Crippen molar-refractivity contribution < 1.29 is 0 Å². The van der Waals surface area contributed by atoms with Gasteiger partial charge in [-0.05, 0) is 37.3 Å². The van der Waals surface area contributed by atoms with Crippen LogP contribution in [-0.4, -0.2) is 24.1 Å². The summed E-state index contributed by atoms with van der Waals surface area (Å²) < 4.78 is 0. The first-order valence-corrected chi connectivity index (χ1v) is 7.82. The van der Waals surface area contributed by atoms with Crippen LogP contribution in [0.5, 0.6) is 0 Å². The van der Waals surface area contributed by atoms with E-state index in [0.717, 1.165) is 28.4 Å². The third-order valence-corrected chi connectivity index (χ3v) is 3.63. The van der Waals surface area contributed by atoms with Crippen molar-refractivity contribution in [1.29, 1.82) is 0 Å². The predicted octanol–water partition coefficient (Wildman–Crippen LogP) is 4.34. The molecule has 0 aliphatic rings. The zero-order valence-corrected chi connectivity index (χ0v) is 14.1. The quantitative estimate of drug-likeness (QED) is 0.733. The Morgan fingerprint density at radius 2 is 1.62 bits per heavy atom. The molecule has 3 rings (SSSR count). The molecule has 0 aliphatic carbocycles. The second kappa shape index (κ2) is 7.00. The number of aryl methyl sites for hydroxylation is 1. The highest BCUT2D eigenvalue weighted by molar-refractivity contribution is 5.64. The molecule has 0 amide bonds. The Morgan fingerprint density at radius 1 is 0.875 bits per heavy atom. The number of para-hydroxylation sites is 1. The first kappa shape index (κ1) is 15.8. The fourth-order valence-corrected chi connectivity index (χ4v) is 2.28. The summed E-state index contributed by atoms with van der Waals surface area (Å²) in [7, 11) is 4.03. The summed E-state index contributed by atoms with van der Waals surface area (Å²) >= 11 is 0. The molecule has 0 radical (unpaired) electrons. The molecule has 2 aromatic carbocycles. The standard InChI is InChI=1S/C19H21N5/c1-14-13-20-19(22-16-10-7-11-17(12-16)24(2)3)23-18(14)21-15-8-5-4-6-9-15/h4-13H,1-3H3,(H2,20,21,22,23). The van der Waals surface area contributed by atoms with Gasteiger partial charge in [0.25, 0.3) is 0 Å². The summed E-state index contributed by atoms with van der Waals surface area (Å²) in [6.07, 6.45) is 1.82. The van der Waals surface area contributed by atoms with Crippen molar-refractivity contribution in [3.8, 4) is 0 Å². The van der Waals surface area contributed by atoms with Gasteiger partial charge in [0.15, 0.2) is 0 Å². The van der Waals surface area contributed by atoms with Crippen LogP contribution in [0.25, 0.3) is 0 Å². The van der Waals surface area contributed by atoms with E-state index in [1.807, 2.05) is 69.7 Å². The first-order valence-electron chi connectivity index (χ1n) is 7.82. The minimum absolute atomic E-state index is 0.565. The second-order valence-corrected chi connectivity index (χ2v) is 5.79. The predicted molar refractivity (Wildman–Crippen MR) is 101 cm³/mol. The normalized spacial score (nSPS) is 10.3. The smallest absolute Gasteiger partial charge is 0.229 e. The Morgan fingerprint density at radius 3 is 2.38 bits per heavy atom. The number of rotatable bonds is 5. The van der Waals surface area contributed by atoms with Gasteiger partial charge in [-0.15, -0.1) is 0 Å². The second-order valence-electron chi connectivity index (χ2n) is 5.79. The van der Waals surface area contributed by atoms with E-state index in [9.17, 15) is 0 Å². The number of hydrogen-bond acceptors (Lipinski definition) is 5. The van der Waals surface area contributed by atoms with E-state index in [1.54, 1.807) is 0 Å². The third-order valence-electron chi connectivity index (χ3n) is 3.63. The van der Waals surface area contributed by atoms with Crippen LogP contribution in [0.4, 0.5) is 28.8 Å². The van der Waals surface area contributed by atoms with Crippen molar-refractivity contribution in [2.75, 3.05) is 29.6 Å². The largest absolute Gasteiger partial charge is 0.378 e. The Bertz CT molecular complexity index is 815. The maximum Gasteiger partial charge on any atom is 0.229 e. The summed E-state index contributed by atoms with van der Waals surface area (Å²) in [5.41, 5.74) is 4.07. The van der Waals surface area contributed by atoms with Gasteiger partial charge in [0.05, 0.1) is 0 Å². The van der Waals surface area contributed by atoms with Crippen molar-refractivity contribution in [2.24, 2.45) is 0 Å². The Kier molecular flexibility index (Phi) is 4.61. The van der Waals surface area contributed by atoms with Crippen molar-refractivity contribution in [3.63, 3.8) is 0 Å². The van der Waals surface area contributed by atoms with Crippen molar-refractivity contribution in [3.05, 3.63) is 66.4 Å². The molecule has 5 heteroatoms. The third kappa shape index (κ3) is 3.81. The molecule has 1 heterocycles. The van der Waals surface area contributed by atoms with Crippen LogP contribution in [0.2, 0.25) is 0 Å². The zero-order valence-electron chi connectivity index (χ0n) is 14.1. The Hall–Kier alpha value is -3.08. The van der Waals surface area contributed by atoms with Crippen molar-refractivity contribution in [2.45, 2.75) is 6.92 Å². The minimum atomic E-state index is 0.565. The van der Waals surface area contributed by atoms with Gasteiger partial charge in [-0.1, -0.05) is 24.3 Å². The van der Waals surface area contributed by atoms with Gasteiger partial charge < -0.3 is 15.5 Å². The molecule has 0 saturated carbocycles.